The Labute approximate surface area is 306 Å². The van der Waals surface area contributed by atoms with Crippen molar-refractivity contribution < 1.29 is 61.9 Å². The average Bonchev–Trinajstić information content (AvgIpc) is 3.01. The number of hydrogen-bond donors (Lipinski definition) is 1. The average molecular weight is 944 g/mol. The number of halogens is 1. The standard InChI is InChI=1S/C33H41IO2.C6H5S.U/c1-7-12-24(4)13-10-16-33(36)32-15-11-14-31(26(32)6)30(9-3)25(5)17-20-28(8-2)34-29-21-18-27(23-35)19-22-29;7-6-4-2-1-3-5-6;/h8-9,11,14-15,17-19,21-22,24,31H,6-7,10,12-13,16,20H2,1-5H3;1-4,7H;/q-2;-1;+2/b25-17+,28-8-,30-9-;;. The molecule has 2 unspecified atom stereocenters. The molecule has 0 heterocycles. The first kappa shape index (κ1) is 40.4. The first-order chi connectivity index (χ1) is 20.7. The molecule has 2 aromatic rings. The third-order valence-electron chi connectivity index (χ3n) is 7.37. The first-order valence-electron chi connectivity index (χ1n) is 15.1. The molecule has 232 valence electrons. The molecule has 1 aliphatic carbocycles. The summed E-state index contributed by atoms with van der Waals surface area (Å²) in [5.74, 6) is 0.930. The maximum Gasteiger partial charge on any atom is 2.00 e. The molecule has 0 saturated heterocycles. The van der Waals surface area contributed by atoms with E-state index in [4.69, 9.17) is 0 Å². The Morgan fingerprint density at radius 3 is 2.41 bits per heavy atom. The maximum absolute atomic E-state index is 13.0. The Kier molecular flexibility index (Phi) is 20.9. The van der Waals surface area contributed by atoms with E-state index in [1.807, 2.05) is 67.0 Å². The molecule has 0 aromatic heterocycles. The molecule has 2 nitrogen and oxygen atoms in total. The van der Waals surface area contributed by atoms with Crippen molar-refractivity contribution in [1.29, 1.82) is 0 Å². The summed E-state index contributed by atoms with van der Waals surface area (Å²) in [7, 11) is 0. The summed E-state index contributed by atoms with van der Waals surface area (Å²) in [5, 5.41) is 0. The summed E-state index contributed by atoms with van der Waals surface area (Å²) in [6, 6.07) is 18.2. The van der Waals surface area contributed by atoms with Crippen LogP contribution in [0.25, 0.3) is 0 Å². The molecule has 2 atom stereocenters. The van der Waals surface area contributed by atoms with Gasteiger partial charge in [0.1, 0.15) is 0 Å². The second kappa shape index (κ2) is 22.8. The van der Waals surface area contributed by atoms with E-state index in [2.05, 4.69) is 84.2 Å². The molecule has 2 aromatic carbocycles. The normalized spacial score (nSPS) is 16.0. The van der Waals surface area contributed by atoms with Crippen LogP contribution in [-0.4, -0.2) is 12.1 Å². The monoisotopic (exact) mass is 943 g/mol. The fourth-order valence-corrected chi connectivity index (χ4v) is 7.37. The van der Waals surface area contributed by atoms with Crippen molar-refractivity contribution >= 4 is 24.7 Å². The third kappa shape index (κ3) is 14.2. The van der Waals surface area contributed by atoms with Gasteiger partial charge in [0.2, 0.25) is 0 Å². The number of hydrogen-bond acceptors (Lipinski definition) is 3. The number of carbonyl (C=O) groups is 1. The van der Waals surface area contributed by atoms with E-state index >= 15 is 0 Å². The Bertz CT molecular complexity index is 1350. The summed E-state index contributed by atoms with van der Waals surface area (Å²) in [6.07, 6.45) is 20.7. The molecule has 44 heavy (non-hydrogen) atoms. The van der Waals surface area contributed by atoms with Gasteiger partial charge < -0.3 is 0 Å². The Morgan fingerprint density at radius 1 is 1.14 bits per heavy atom. The van der Waals surface area contributed by atoms with Gasteiger partial charge in [0.05, 0.1) is 0 Å². The summed E-state index contributed by atoms with van der Waals surface area (Å²) in [5.41, 5.74) is 4.73. The quantitative estimate of drug-likeness (QED) is 0.0942. The van der Waals surface area contributed by atoms with Crippen LogP contribution < -0.4 is 21.2 Å². The topological polar surface area (TPSA) is 34.1 Å². The Hall–Kier alpha value is -1.65. The van der Waals surface area contributed by atoms with Crippen molar-refractivity contribution in [2.75, 3.05) is 0 Å². The summed E-state index contributed by atoms with van der Waals surface area (Å²) in [6.45, 7) is 15.2. The SMILES string of the molecule is C=C1C(C(=O)CCCC(C)CCC)=CC=CC1C(=C\C)/C(C)=C/C/C(=C/C)[I-]c1ccc([C-]=O)cc1.Sc1[c-]cccc1.[U+2]. The molecule has 5 heteroatoms. The van der Waals surface area contributed by atoms with Crippen molar-refractivity contribution in [2.45, 2.75) is 78.0 Å². The predicted octanol–water partition coefficient (Wildman–Crippen LogP) is 7.21. The minimum Gasteiger partial charge on any atom is -0.176 e. The van der Waals surface area contributed by atoms with Crippen LogP contribution in [0.2, 0.25) is 0 Å². The molecule has 1 aliphatic rings. The van der Waals surface area contributed by atoms with E-state index in [-0.39, 0.29) is 64.0 Å². The van der Waals surface area contributed by atoms with Crippen molar-refractivity contribution in [3.05, 3.63) is 133 Å². The van der Waals surface area contributed by atoms with Crippen LogP contribution in [0.4, 0.5) is 0 Å². The van der Waals surface area contributed by atoms with Crippen LogP contribution in [0.1, 0.15) is 78.7 Å². The van der Waals surface area contributed by atoms with Gasteiger partial charge in [-0.15, -0.1) is 4.90 Å². The van der Waals surface area contributed by atoms with Crippen LogP contribution in [0.3, 0.4) is 0 Å². The van der Waals surface area contributed by atoms with E-state index in [9.17, 15) is 9.59 Å². The van der Waals surface area contributed by atoms with Gasteiger partial charge in [0, 0.05) is 0 Å². The summed E-state index contributed by atoms with van der Waals surface area (Å²) >= 11 is 3.74. The number of Topliss-reactive ketones (excluding diaryl/α,β-unsaturated/α-hetero) is 1. The fourth-order valence-electron chi connectivity index (χ4n) is 4.94. The molecule has 0 radical (unpaired) electrons. The van der Waals surface area contributed by atoms with Gasteiger partial charge in [-0.2, -0.15) is 43.0 Å². The van der Waals surface area contributed by atoms with Crippen LogP contribution in [0, 0.1) is 52.6 Å². The van der Waals surface area contributed by atoms with Gasteiger partial charge in [-0.3, -0.25) is 0 Å². The maximum atomic E-state index is 13.0. The van der Waals surface area contributed by atoms with Crippen LogP contribution >= 0.6 is 12.6 Å². The van der Waals surface area contributed by atoms with Crippen molar-refractivity contribution in [3.8, 4) is 0 Å². The molecule has 0 fully saturated rings. The number of benzene rings is 2. The Morgan fingerprint density at radius 2 is 1.86 bits per heavy atom. The molecular formula is C39H46IO2SU-. The fraction of sp³-hybridized carbons (Fsp3) is 0.333. The van der Waals surface area contributed by atoms with E-state index in [0.717, 1.165) is 35.3 Å². The molecule has 3 rings (SSSR count). The van der Waals surface area contributed by atoms with Crippen molar-refractivity contribution in [1.82, 2.24) is 0 Å². The zero-order chi connectivity index (χ0) is 31.6. The van der Waals surface area contributed by atoms with Crippen LogP contribution in [-0.2, 0) is 9.59 Å². The largest absolute Gasteiger partial charge is 2.00 e. The molecule has 0 amide bonds. The molecular weight excluding hydrogens is 897 g/mol. The number of carbonyl (C=O) groups excluding carboxylic acids is 2. The predicted molar refractivity (Wildman–Crippen MR) is 181 cm³/mol. The van der Waals surface area contributed by atoms with Gasteiger partial charge in [0.25, 0.3) is 0 Å². The minimum atomic E-state index is -0.286. The summed E-state index contributed by atoms with van der Waals surface area (Å²) < 4.78 is 2.72. The second-order valence-corrected chi connectivity index (χ2v) is 14.4. The van der Waals surface area contributed by atoms with E-state index in [1.165, 1.54) is 31.1 Å². The molecule has 0 N–H and O–H groups in total. The molecule has 0 saturated carbocycles. The van der Waals surface area contributed by atoms with Gasteiger partial charge in [-0.05, 0) is 5.92 Å². The number of rotatable bonds is 14. The van der Waals surface area contributed by atoms with Crippen molar-refractivity contribution in [3.63, 3.8) is 0 Å². The zero-order valence-electron chi connectivity index (χ0n) is 26.8. The van der Waals surface area contributed by atoms with Crippen molar-refractivity contribution in [2.24, 2.45) is 11.8 Å². The van der Waals surface area contributed by atoms with E-state index in [0.29, 0.717) is 17.9 Å². The molecule has 0 aliphatic heterocycles. The number of allylic oxidation sites excluding steroid dienone is 11. The smallest absolute Gasteiger partial charge is 0.176 e. The number of ketones is 1. The second-order valence-electron chi connectivity index (χ2n) is 10.7. The van der Waals surface area contributed by atoms with Crippen LogP contribution in [0.15, 0.2) is 122 Å². The van der Waals surface area contributed by atoms with Gasteiger partial charge >= 0.3 is 229 Å². The molecule has 0 bridgehead atoms. The van der Waals surface area contributed by atoms with E-state index < -0.39 is 0 Å². The van der Waals surface area contributed by atoms with Gasteiger partial charge in [-0.1, -0.05) is 26.7 Å². The third-order valence-corrected chi connectivity index (χ3v) is 10.7. The zero-order valence-corrected chi connectivity index (χ0v) is 34.0. The van der Waals surface area contributed by atoms with E-state index in [1.54, 1.807) is 0 Å². The first-order valence-corrected chi connectivity index (χ1v) is 17.7. The van der Waals surface area contributed by atoms with Crippen LogP contribution in [0.5, 0.6) is 0 Å². The van der Waals surface area contributed by atoms with Gasteiger partial charge in [-0.25, -0.2) is 0 Å². The summed E-state index contributed by atoms with van der Waals surface area (Å²) in [4.78, 5) is 24.7. The van der Waals surface area contributed by atoms with Gasteiger partial charge in [0.15, 0.2) is 0 Å². The minimum absolute atomic E-state index is 0. The molecule has 0 spiro atoms. The number of thiol groups is 1. The Balaban J connectivity index is 0.00000106.